The number of hydrogen-bond donors (Lipinski definition) is 0. The molecule has 0 spiro atoms. The Kier molecular flexibility index (Phi) is 13.5. The summed E-state index contributed by atoms with van der Waals surface area (Å²) in [6.45, 7) is 4.47. The van der Waals surface area contributed by atoms with Gasteiger partial charge in [-0.25, -0.2) is 14.8 Å². The third-order valence-corrected chi connectivity index (χ3v) is 8.31. The van der Waals surface area contributed by atoms with Crippen LogP contribution >= 0.6 is 0 Å². The highest BCUT2D eigenvalue weighted by atomic mass is 16.5. The molecule has 39 heavy (non-hydrogen) atoms. The van der Waals surface area contributed by atoms with Crippen LogP contribution in [0, 0.1) is 16.7 Å². The molecule has 1 heterocycles. The molecule has 1 aliphatic carbocycles. The number of ether oxygens (including phenoxy) is 1. The Morgan fingerprint density at radius 2 is 1.44 bits per heavy atom. The number of hydrogen-bond acceptors (Lipinski definition) is 5. The van der Waals surface area contributed by atoms with Gasteiger partial charge in [-0.1, -0.05) is 96.6 Å². The van der Waals surface area contributed by atoms with E-state index in [9.17, 15) is 10.1 Å². The zero-order chi connectivity index (χ0) is 27.8. The minimum Gasteiger partial charge on any atom is -0.459 e. The molecule has 212 valence electrons. The van der Waals surface area contributed by atoms with Crippen LogP contribution in [-0.2, 0) is 11.2 Å². The second-order valence-electron chi connectivity index (χ2n) is 11.5. The molecule has 1 aromatic heterocycles. The Morgan fingerprint density at radius 1 is 0.872 bits per heavy atom. The van der Waals surface area contributed by atoms with Gasteiger partial charge in [-0.05, 0) is 62.6 Å². The van der Waals surface area contributed by atoms with Gasteiger partial charge in [0.05, 0.1) is 17.0 Å². The molecule has 0 atom stereocenters. The van der Waals surface area contributed by atoms with Gasteiger partial charge in [0.25, 0.3) is 0 Å². The molecular weight excluding hydrogens is 482 g/mol. The highest BCUT2D eigenvalue weighted by Crippen LogP contribution is 2.41. The summed E-state index contributed by atoms with van der Waals surface area (Å²) < 4.78 is 5.83. The number of carbonyl (C=O) groups is 1. The van der Waals surface area contributed by atoms with Crippen molar-refractivity contribution in [3.8, 4) is 17.5 Å². The summed E-state index contributed by atoms with van der Waals surface area (Å²) in [5.74, 6) is 0.384. The van der Waals surface area contributed by atoms with E-state index in [0.29, 0.717) is 11.4 Å². The van der Waals surface area contributed by atoms with E-state index in [1.54, 1.807) is 12.1 Å². The molecule has 3 rings (SSSR count). The highest BCUT2D eigenvalue weighted by Gasteiger charge is 2.36. The molecule has 0 amide bonds. The average Bonchev–Trinajstić information content (AvgIpc) is 2.98. The van der Waals surface area contributed by atoms with E-state index in [4.69, 9.17) is 4.74 Å². The summed E-state index contributed by atoms with van der Waals surface area (Å²) in [6.07, 6.45) is 24.1. The van der Waals surface area contributed by atoms with Gasteiger partial charge in [0.1, 0.15) is 6.10 Å². The smallest absolute Gasteiger partial charge is 0.338 e. The molecular formula is C34H49N3O2. The molecule has 0 unspecified atom stereocenters. The van der Waals surface area contributed by atoms with Crippen molar-refractivity contribution in [2.45, 2.75) is 136 Å². The number of rotatable bonds is 17. The van der Waals surface area contributed by atoms with Crippen molar-refractivity contribution in [1.29, 1.82) is 5.26 Å². The lowest BCUT2D eigenvalue weighted by atomic mass is 9.71. The highest BCUT2D eigenvalue weighted by molar-refractivity contribution is 5.90. The number of aromatic nitrogens is 2. The summed E-state index contributed by atoms with van der Waals surface area (Å²) >= 11 is 0. The largest absolute Gasteiger partial charge is 0.459 e. The summed E-state index contributed by atoms with van der Waals surface area (Å²) in [6, 6.07) is 9.99. The fourth-order valence-corrected chi connectivity index (χ4v) is 5.64. The third-order valence-electron chi connectivity index (χ3n) is 8.31. The number of benzene rings is 1. The Bertz CT molecular complexity index is 1000. The first-order valence-corrected chi connectivity index (χ1v) is 15.6. The normalized spacial score (nSPS) is 18.9. The second kappa shape index (κ2) is 17.1. The summed E-state index contributed by atoms with van der Waals surface area (Å²) in [7, 11) is 0. The molecule has 0 aliphatic heterocycles. The lowest BCUT2D eigenvalue weighted by Crippen LogP contribution is -2.31. The predicted molar refractivity (Wildman–Crippen MR) is 158 cm³/mol. The van der Waals surface area contributed by atoms with Crippen LogP contribution in [0.4, 0.5) is 0 Å². The summed E-state index contributed by atoms with van der Waals surface area (Å²) in [4.78, 5) is 21.9. The number of carbonyl (C=O) groups excluding carboxylic acids is 1. The molecule has 0 radical (unpaired) electrons. The number of nitriles is 1. The quantitative estimate of drug-likeness (QED) is 0.150. The van der Waals surface area contributed by atoms with Crippen LogP contribution in [0.25, 0.3) is 11.4 Å². The van der Waals surface area contributed by atoms with Crippen molar-refractivity contribution in [3.05, 3.63) is 47.8 Å². The van der Waals surface area contributed by atoms with E-state index in [0.717, 1.165) is 50.5 Å². The van der Waals surface area contributed by atoms with Gasteiger partial charge in [0, 0.05) is 18.0 Å². The summed E-state index contributed by atoms with van der Waals surface area (Å²) in [5, 5.41) is 9.84. The molecule has 1 fully saturated rings. The predicted octanol–water partition coefficient (Wildman–Crippen LogP) is 9.41. The van der Waals surface area contributed by atoms with Crippen molar-refractivity contribution < 1.29 is 9.53 Å². The van der Waals surface area contributed by atoms with E-state index in [2.05, 4.69) is 29.9 Å². The first-order valence-electron chi connectivity index (χ1n) is 15.6. The Labute approximate surface area is 236 Å². The second-order valence-corrected chi connectivity index (χ2v) is 11.5. The van der Waals surface area contributed by atoms with E-state index in [1.165, 1.54) is 76.2 Å². The number of esters is 1. The van der Waals surface area contributed by atoms with Gasteiger partial charge in [-0.3, -0.25) is 0 Å². The Morgan fingerprint density at radius 3 is 2.03 bits per heavy atom. The average molecular weight is 532 g/mol. The molecule has 5 heteroatoms. The van der Waals surface area contributed by atoms with E-state index in [-0.39, 0.29) is 17.5 Å². The number of unbranched alkanes of at least 4 members (excludes halogenated alkanes) is 10. The Hall–Kier alpha value is -2.74. The SMILES string of the molecule is CCCCCCCCCc1cnc(-c2ccc(C(=O)OC3CCC(C#N)(CCCCCCC)CC3)cc2)nc1. The topological polar surface area (TPSA) is 75.9 Å². The van der Waals surface area contributed by atoms with Crippen LogP contribution in [0.1, 0.15) is 139 Å². The van der Waals surface area contributed by atoms with Gasteiger partial charge in [-0.2, -0.15) is 5.26 Å². The Balaban J connectivity index is 1.41. The maximum atomic E-state index is 12.8. The van der Waals surface area contributed by atoms with Crippen molar-refractivity contribution in [1.82, 2.24) is 9.97 Å². The molecule has 1 saturated carbocycles. The third kappa shape index (κ3) is 10.4. The molecule has 1 aromatic carbocycles. The van der Waals surface area contributed by atoms with Gasteiger partial charge in [0.15, 0.2) is 5.82 Å². The van der Waals surface area contributed by atoms with Crippen molar-refractivity contribution >= 4 is 5.97 Å². The maximum Gasteiger partial charge on any atom is 0.338 e. The standard InChI is InChI=1S/C34H49N3O2/c1-3-5-7-9-10-11-13-15-28-25-36-32(37-26-28)29-16-18-30(19-17-29)33(38)39-31-20-23-34(27-35,24-21-31)22-14-12-8-6-4-2/h16-19,25-26,31H,3-15,20-24H2,1-2H3. The first-order chi connectivity index (χ1) is 19.1. The van der Waals surface area contributed by atoms with Gasteiger partial charge in [0.2, 0.25) is 0 Å². The molecule has 2 aromatic rings. The van der Waals surface area contributed by atoms with Gasteiger partial charge in [-0.15, -0.1) is 0 Å². The number of nitrogens with zero attached hydrogens (tertiary/aromatic N) is 3. The zero-order valence-electron chi connectivity index (χ0n) is 24.4. The van der Waals surface area contributed by atoms with Crippen LogP contribution in [0.5, 0.6) is 0 Å². The maximum absolute atomic E-state index is 12.8. The van der Waals surface area contributed by atoms with Crippen LogP contribution in [-0.4, -0.2) is 22.0 Å². The van der Waals surface area contributed by atoms with E-state index >= 15 is 0 Å². The van der Waals surface area contributed by atoms with Crippen LogP contribution in [0.2, 0.25) is 0 Å². The van der Waals surface area contributed by atoms with Crippen molar-refractivity contribution in [2.75, 3.05) is 0 Å². The molecule has 5 nitrogen and oxygen atoms in total. The van der Waals surface area contributed by atoms with E-state index < -0.39 is 0 Å². The lowest BCUT2D eigenvalue weighted by molar-refractivity contribution is 0.0105. The first kappa shape index (κ1) is 30.8. The fourth-order valence-electron chi connectivity index (χ4n) is 5.64. The van der Waals surface area contributed by atoms with Crippen LogP contribution in [0.3, 0.4) is 0 Å². The molecule has 0 bridgehead atoms. The molecule has 0 N–H and O–H groups in total. The van der Waals surface area contributed by atoms with Gasteiger partial charge >= 0.3 is 5.97 Å². The van der Waals surface area contributed by atoms with E-state index in [1.807, 2.05) is 24.5 Å². The lowest BCUT2D eigenvalue weighted by Gasteiger charge is -2.34. The summed E-state index contributed by atoms with van der Waals surface area (Å²) in [5.41, 5.74) is 2.38. The van der Waals surface area contributed by atoms with Crippen LogP contribution < -0.4 is 0 Å². The fraction of sp³-hybridized carbons (Fsp3) is 0.647. The van der Waals surface area contributed by atoms with Crippen LogP contribution in [0.15, 0.2) is 36.7 Å². The zero-order valence-corrected chi connectivity index (χ0v) is 24.4. The van der Waals surface area contributed by atoms with Crippen molar-refractivity contribution in [2.24, 2.45) is 5.41 Å². The minimum absolute atomic E-state index is 0.106. The number of aryl methyl sites for hydroxylation is 1. The van der Waals surface area contributed by atoms with Gasteiger partial charge < -0.3 is 4.74 Å². The molecule has 1 aliphatic rings. The minimum atomic E-state index is -0.290. The molecule has 0 saturated heterocycles. The van der Waals surface area contributed by atoms with Crippen molar-refractivity contribution in [3.63, 3.8) is 0 Å². The monoisotopic (exact) mass is 531 g/mol.